The number of H-pyrrole nitrogens is 1. The third kappa shape index (κ3) is 3.22. The van der Waals surface area contributed by atoms with Crippen molar-refractivity contribution in [3.8, 4) is 0 Å². The molecule has 0 saturated heterocycles. The van der Waals surface area contributed by atoms with Gasteiger partial charge in [0.15, 0.2) is 0 Å². The molecule has 0 fully saturated rings. The number of rotatable bonds is 4. The zero-order valence-electron chi connectivity index (χ0n) is 14.2. The lowest BCUT2D eigenvalue weighted by atomic mass is 10.2. The molecule has 136 valence electrons. The van der Waals surface area contributed by atoms with Crippen LogP contribution in [-0.4, -0.2) is 42.8 Å². The minimum atomic E-state index is -0.381. The SMILES string of the molecule is CN(Cc1nc2ccsc2c(=O)[nH]1)C(=O)Cn1nnc2ccccc2c1=O. The molecule has 0 spiro atoms. The summed E-state index contributed by atoms with van der Waals surface area (Å²) in [6, 6.07) is 8.57. The molecule has 27 heavy (non-hydrogen) atoms. The Labute approximate surface area is 155 Å². The van der Waals surface area contributed by atoms with Gasteiger partial charge in [-0.3, -0.25) is 14.4 Å². The van der Waals surface area contributed by atoms with Gasteiger partial charge in [0, 0.05) is 7.05 Å². The summed E-state index contributed by atoms with van der Waals surface area (Å²) in [6.45, 7) is -0.145. The van der Waals surface area contributed by atoms with E-state index in [2.05, 4.69) is 20.3 Å². The normalized spacial score (nSPS) is 11.1. The molecule has 1 N–H and O–H groups in total. The van der Waals surface area contributed by atoms with E-state index in [-0.39, 0.29) is 30.1 Å². The van der Waals surface area contributed by atoms with E-state index in [9.17, 15) is 14.4 Å². The number of thiophene rings is 1. The zero-order chi connectivity index (χ0) is 19.0. The number of benzene rings is 1. The number of likely N-dealkylation sites (N-methyl/N-ethyl adjacent to an activating group) is 1. The van der Waals surface area contributed by atoms with Crippen molar-refractivity contribution < 1.29 is 4.79 Å². The van der Waals surface area contributed by atoms with E-state index < -0.39 is 0 Å². The van der Waals surface area contributed by atoms with Crippen LogP contribution < -0.4 is 11.1 Å². The number of fused-ring (bicyclic) bond motifs is 2. The van der Waals surface area contributed by atoms with Gasteiger partial charge in [-0.2, -0.15) is 0 Å². The van der Waals surface area contributed by atoms with Gasteiger partial charge in [-0.15, -0.1) is 16.4 Å². The number of nitrogens with one attached hydrogen (secondary N) is 1. The van der Waals surface area contributed by atoms with Gasteiger partial charge in [0.05, 0.1) is 17.4 Å². The van der Waals surface area contributed by atoms with E-state index in [1.165, 1.54) is 16.2 Å². The fourth-order valence-corrected chi connectivity index (χ4v) is 3.41. The molecule has 1 amide bonds. The first-order valence-corrected chi connectivity index (χ1v) is 8.94. The van der Waals surface area contributed by atoms with Crippen molar-refractivity contribution in [2.75, 3.05) is 7.05 Å². The minimum absolute atomic E-state index is 0.107. The van der Waals surface area contributed by atoms with E-state index in [0.29, 0.717) is 26.9 Å². The average molecular weight is 382 g/mol. The van der Waals surface area contributed by atoms with Gasteiger partial charge in [0.1, 0.15) is 22.6 Å². The van der Waals surface area contributed by atoms with Crippen LogP contribution in [0.5, 0.6) is 0 Å². The molecule has 0 radical (unpaired) electrons. The van der Waals surface area contributed by atoms with Crippen molar-refractivity contribution in [2.45, 2.75) is 13.1 Å². The van der Waals surface area contributed by atoms with Gasteiger partial charge < -0.3 is 9.88 Å². The van der Waals surface area contributed by atoms with E-state index in [1.807, 2.05) is 0 Å². The Morgan fingerprint density at radius 3 is 2.89 bits per heavy atom. The molecule has 3 aromatic heterocycles. The maximum absolute atomic E-state index is 12.5. The molecule has 0 aliphatic heterocycles. The third-order valence-electron chi connectivity index (χ3n) is 4.09. The molecule has 3 heterocycles. The third-order valence-corrected chi connectivity index (χ3v) is 4.99. The van der Waals surface area contributed by atoms with Crippen LogP contribution in [0.25, 0.3) is 21.1 Å². The number of carbonyl (C=O) groups is 1. The highest BCUT2D eigenvalue weighted by Gasteiger charge is 2.15. The zero-order valence-corrected chi connectivity index (χ0v) is 15.1. The molecule has 0 atom stereocenters. The van der Waals surface area contributed by atoms with Gasteiger partial charge in [-0.05, 0) is 23.6 Å². The minimum Gasteiger partial charge on any atom is -0.337 e. The Morgan fingerprint density at radius 2 is 2.04 bits per heavy atom. The van der Waals surface area contributed by atoms with Crippen LogP contribution in [0.1, 0.15) is 5.82 Å². The predicted octanol–water partition coefficient (Wildman–Crippen LogP) is 0.748. The second-order valence-electron chi connectivity index (χ2n) is 5.97. The van der Waals surface area contributed by atoms with Gasteiger partial charge in [0.2, 0.25) is 5.91 Å². The standard InChI is InChI=1S/C17H14N6O3S/c1-22(8-13-18-12-6-7-27-15(12)16(25)19-13)14(24)9-23-17(26)10-4-2-3-5-11(10)20-21-23/h2-7H,8-9H2,1H3,(H,18,19,25). The van der Waals surface area contributed by atoms with Gasteiger partial charge >= 0.3 is 0 Å². The summed E-state index contributed by atoms with van der Waals surface area (Å²) in [7, 11) is 1.57. The average Bonchev–Trinajstić information content (AvgIpc) is 3.13. The van der Waals surface area contributed by atoms with Crippen LogP contribution in [0.15, 0.2) is 45.3 Å². The fraction of sp³-hybridized carbons (Fsp3) is 0.176. The first-order valence-electron chi connectivity index (χ1n) is 8.06. The summed E-state index contributed by atoms with van der Waals surface area (Å²) in [4.78, 5) is 45.3. The Bertz CT molecular complexity index is 1270. The van der Waals surface area contributed by atoms with Crippen LogP contribution in [0, 0.1) is 0 Å². The number of hydrogen-bond donors (Lipinski definition) is 1. The number of amides is 1. The van der Waals surface area contributed by atoms with Gasteiger partial charge in [0.25, 0.3) is 11.1 Å². The highest BCUT2D eigenvalue weighted by molar-refractivity contribution is 7.17. The molecule has 4 aromatic rings. The summed E-state index contributed by atoms with van der Waals surface area (Å²) in [5.41, 5.74) is 0.456. The van der Waals surface area contributed by atoms with E-state index in [4.69, 9.17) is 0 Å². The predicted molar refractivity (Wildman–Crippen MR) is 101 cm³/mol. The van der Waals surface area contributed by atoms with Crippen LogP contribution in [0.2, 0.25) is 0 Å². The number of aromatic nitrogens is 5. The number of nitrogens with zero attached hydrogens (tertiary/aromatic N) is 5. The lowest BCUT2D eigenvalue weighted by Gasteiger charge is -2.16. The van der Waals surface area contributed by atoms with Crippen LogP contribution >= 0.6 is 11.3 Å². The smallest absolute Gasteiger partial charge is 0.278 e. The molecule has 0 bridgehead atoms. The van der Waals surface area contributed by atoms with Gasteiger partial charge in [-0.1, -0.05) is 17.3 Å². The van der Waals surface area contributed by atoms with Gasteiger partial charge in [-0.25, -0.2) is 9.67 Å². The van der Waals surface area contributed by atoms with Crippen molar-refractivity contribution in [2.24, 2.45) is 0 Å². The molecule has 1 aromatic carbocycles. The molecular formula is C17H14N6O3S. The molecule has 10 heteroatoms. The van der Waals surface area contributed by atoms with Crippen LogP contribution in [-0.2, 0) is 17.9 Å². The number of aromatic amines is 1. The highest BCUT2D eigenvalue weighted by Crippen LogP contribution is 2.14. The largest absolute Gasteiger partial charge is 0.337 e. The molecular weight excluding hydrogens is 368 g/mol. The molecule has 0 aliphatic carbocycles. The second kappa shape index (κ2) is 6.72. The Hall–Kier alpha value is -3.40. The van der Waals surface area contributed by atoms with Crippen molar-refractivity contribution in [1.29, 1.82) is 0 Å². The molecule has 4 rings (SSSR count). The fourth-order valence-electron chi connectivity index (χ4n) is 2.69. The van der Waals surface area contributed by atoms with E-state index in [0.717, 1.165) is 4.68 Å². The van der Waals surface area contributed by atoms with Crippen molar-refractivity contribution in [3.63, 3.8) is 0 Å². The molecule has 9 nitrogen and oxygen atoms in total. The topological polar surface area (TPSA) is 114 Å². The number of hydrogen-bond acceptors (Lipinski definition) is 7. The first-order chi connectivity index (χ1) is 13.0. The Balaban J connectivity index is 1.55. The summed E-state index contributed by atoms with van der Waals surface area (Å²) < 4.78 is 1.57. The highest BCUT2D eigenvalue weighted by atomic mass is 32.1. The Morgan fingerprint density at radius 1 is 1.22 bits per heavy atom. The molecule has 0 unspecified atom stereocenters. The van der Waals surface area contributed by atoms with Crippen molar-refractivity contribution in [3.05, 3.63) is 62.2 Å². The maximum Gasteiger partial charge on any atom is 0.278 e. The van der Waals surface area contributed by atoms with E-state index >= 15 is 0 Å². The molecule has 0 saturated carbocycles. The first kappa shape index (κ1) is 17.0. The quantitative estimate of drug-likeness (QED) is 0.557. The lowest BCUT2D eigenvalue weighted by Crippen LogP contribution is -2.35. The van der Waals surface area contributed by atoms with Crippen LogP contribution in [0.4, 0.5) is 0 Å². The lowest BCUT2D eigenvalue weighted by molar-refractivity contribution is -0.131. The second-order valence-corrected chi connectivity index (χ2v) is 6.88. The summed E-state index contributed by atoms with van der Waals surface area (Å²) >= 11 is 1.31. The van der Waals surface area contributed by atoms with Crippen LogP contribution in [0.3, 0.4) is 0 Å². The molecule has 0 aliphatic rings. The Kier molecular flexibility index (Phi) is 4.24. The van der Waals surface area contributed by atoms with Crippen molar-refractivity contribution in [1.82, 2.24) is 29.9 Å². The number of carbonyl (C=O) groups excluding carboxylic acids is 1. The summed E-state index contributed by atoms with van der Waals surface area (Å²) in [5, 5.41) is 9.97. The van der Waals surface area contributed by atoms with E-state index in [1.54, 1.807) is 42.8 Å². The maximum atomic E-state index is 12.5. The summed E-state index contributed by atoms with van der Waals surface area (Å²) in [6.07, 6.45) is 0. The monoisotopic (exact) mass is 382 g/mol. The van der Waals surface area contributed by atoms with Crippen molar-refractivity contribution >= 4 is 38.4 Å². The summed E-state index contributed by atoms with van der Waals surface area (Å²) in [5.74, 6) is 0.0217.